The summed E-state index contributed by atoms with van der Waals surface area (Å²) < 4.78 is 37.5. The van der Waals surface area contributed by atoms with E-state index in [0.717, 1.165) is 28.8 Å². The maximum Gasteiger partial charge on any atom is 0.416 e. The Morgan fingerprint density at radius 3 is 1.81 bits per heavy atom. The zero-order valence-electron chi connectivity index (χ0n) is 11.6. The van der Waals surface area contributed by atoms with Gasteiger partial charge < -0.3 is 4.79 Å². The molecule has 0 aliphatic heterocycles. The van der Waals surface area contributed by atoms with Crippen molar-refractivity contribution in [3.05, 3.63) is 59.7 Å². The summed E-state index contributed by atoms with van der Waals surface area (Å²) in [6.45, 7) is 1.55. The Kier molecular flexibility index (Phi) is 4.46. The lowest BCUT2D eigenvalue weighted by Crippen LogP contribution is -2.03. The third-order valence-corrected chi connectivity index (χ3v) is 3.27. The molecule has 2 aromatic rings. The van der Waals surface area contributed by atoms with Crippen LogP contribution in [0.4, 0.5) is 13.2 Å². The van der Waals surface area contributed by atoms with Crippen LogP contribution >= 0.6 is 0 Å². The minimum absolute atomic E-state index is 0.141. The van der Waals surface area contributed by atoms with Gasteiger partial charge in [0, 0.05) is 6.42 Å². The summed E-state index contributed by atoms with van der Waals surface area (Å²) in [5.41, 5.74) is 1.99. The predicted molar refractivity (Wildman–Crippen MR) is 75.9 cm³/mol. The quantitative estimate of drug-likeness (QED) is 0.783. The van der Waals surface area contributed by atoms with Crippen molar-refractivity contribution in [3.8, 4) is 11.1 Å². The molecule has 1 nitrogen and oxygen atoms in total. The van der Waals surface area contributed by atoms with Crippen LogP contribution in [-0.4, -0.2) is 5.78 Å². The molecule has 2 aromatic carbocycles. The summed E-state index contributed by atoms with van der Waals surface area (Å²) in [5, 5.41) is 0. The molecule has 21 heavy (non-hydrogen) atoms. The van der Waals surface area contributed by atoms with Gasteiger partial charge in [-0.1, -0.05) is 36.4 Å². The minimum Gasteiger partial charge on any atom is -0.300 e. The van der Waals surface area contributed by atoms with E-state index in [2.05, 4.69) is 0 Å². The van der Waals surface area contributed by atoms with E-state index in [1.807, 2.05) is 24.3 Å². The van der Waals surface area contributed by atoms with Crippen LogP contribution in [0.5, 0.6) is 0 Å². The number of hydrogen-bond acceptors (Lipinski definition) is 1. The number of Topliss-reactive ketones (excluding diaryl/α,β-unsaturated/α-hetero) is 1. The van der Waals surface area contributed by atoms with Gasteiger partial charge in [-0.15, -0.1) is 0 Å². The van der Waals surface area contributed by atoms with E-state index in [9.17, 15) is 18.0 Å². The van der Waals surface area contributed by atoms with Crippen molar-refractivity contribution in [1.29, 1.82) is 0 Å². The maximum absolute atomic E-state index is 12.5. The highest BCUT2D eigenvalue weighted by Crippen LogP contribution is 2.31. The van der Waals surface area contributed by atoms with Crippen LogP contribution < -0.4 is 0 Å². The molecule has 0 unspecified atom stereocenters. The lowest BCUT2D eigenvalue weighted by Gasteiger charge is -2.08. The Hall–Kier alpha value is -2.10. The summed E-state index contributed by atoms with van der Waals surface area (Å²) in [4.78, 5) is 10.9. The number of ketones is 1. The Morgan fingerprint density at radius 1 is 0.905 bits per heavy atom. The van der Waals surface area contributed by atoms with Crippen molar-refractivity contribution < 1.29 is 18.0 Å². The third-order valence-electron chi connectivity index (χ3n) is 3.27. The van der Waals surface area contributed by atoms with Crippen LogP contribution in [-0.2, 0) is 17.4 Å². The van der Waals surface area contributed by atoms with E-state index < -0.39 is 11.7 Å². The molecule has 110 valence electrons. The molecule has 0 aliphatic rings. The molecule has 4 heteroatoms. The van der Waals surface area contributed by atoms with Crippen molar-refractivity contribution in [2.75, 3.05) is 0 Å². The van der Waals surface area contributed by atoms with E-state index in [1.54, 1.807) is 6.92 Å². The number of hydrogen-bond donors (Lipinski definition) is 0. The molecule has 0 saturated heterocycles. The van der Waals surface area contributed by atoms with Crippen molar-refractivity contribution in [3.63, 3.8) is 0 Å². The van der Waals surface area contributed by atoms with E-state index in [0.29, 0.717) is 12.8 Å². The molecule has 0 N–H and O–H groups in total. The fraction of sp³-hybridized carbons (Fsp3) is 0.235. The summed E-state index contributed by atoms with van der Waals surface area (Å²) in [7, 11) is 0. The fourth-order valence-electron chi connectivity index (χ4n) is 2.04. The zero-order valence-corrected chi connectivity index (χ0v) is 11.6. The summed E-state index contributed by atoms with van der Waals surface area (Å²) in [6, 6.07) is 12.6. The van der Waals surface area contributed by atoms with Gasteiger partial charge in [0.15, 0.2) is 0 Å². The standard InChI is InChI=1S/C17H15F3O/c1-12(21)2-3-13-4-6-14(7-5-13)15-8-10-16(11-9-15)17(18,19)20/h4-11H,2-3H2,1H3. The lowest BCUT2D eigenvalue weighted by atomic mass is 10.0. The van der Waals surface area contributed by atoms with Gasteiger partial charge in [0.25, 0.3) is 0 Å². The molecule has 0 atom stereocenters. The molecule has 0 saturated carbocycles. The number of benzene rings is 2. The number of carbonyl (C=O) groups is 1. The highest BCUT2D eigenvalue weighted by atomic mass is 19.4. The molecule has 0 fully saturated rings. The van der Waals surface area contributed by atoms with E-state index in [1.165, 1.54) is 12.1 Å². The highest BCUT2D eigenvalue weighted by molar-refractivity contribution is 5.75. The average molecular weight is 292 g/mol. The van der Waals surface area contributed by atoms with Gasteiger partial charge in [0.05, 0.1) is 5.56 Å². The average Bonchev–Trinajstić information content (AvgIpc) is 2.45. The Labute approximate surface area is 121 Å². The van der Waals surface area contributed by atoms with Gasteiger partial charge in [-0.25, -0.2) is 0 Å². The molecule has 0 aromatic heterocycles. The molecular weight excluding hydrogens is 277 g/mol. The molecule has 0 spiro atoms. The number of aryl methyl sites for hydroxylation is 1. The van der Waals surface area contributed by atoms with Crippen LogP contribution in [0.2, 0.25) is 0 Å². The second kappa shape index (κ2) is 6.12. The maximum atomic E-state index is 12.5. The smallest absolute Gasteiger partial charge is 0.300 e. The lowest BCUT2D eigenvalue weighted by molar-refractivity contribution is -0.137. The first-order valence-electron chi connectivity index (χ1n) is 6.62. The molecule has 0 bridgehead atoms. The third kappa shape index (κ3) is 4.18. The largest absolute Gasteiger partial charge is 0.416 e. The molecule has 2 rings (SSSR count). The van der Waals surface area contributed by atoms with E-state index in [-0.39, 0.29) is 5.78 Å². The van der Waals surface area contributed by atoms with Crippen molar-refractivity contribution in [2.45, 2.75) is 25.9 Å². The van der Waals surface area contributed by atoms with Crippen LogP contribution in [0.3, 0.4) is 0 Å². The van der Waals surface area contributed by atoms with Crippen LogP contribution in [0.15, 0.2) is 48.5 Å². The van der Waals surface area contributed by atoms with Crippen LogP contribution in [0, 0.1) is 0 Å². The van der Waals surface area contributed by atoms with Gasteiger partial charge in [-0.2, -0.15) is 13.2 Å². The Balaban J connectivity index is 2.13. The molecular formula is C17H15F3O. The predicted octanol–water partition coefficient (Wildman–Crippen LogP) is 4.89. The summed E-state index contributed by atoms with van der Waals surface area (Å²) >= 11 is 0. The zero-order chi connectivity index (χ0) is 15.5. The van der Waals surface area contributed by atoms with Crippen LogP contribution in [0.25, 0.3) is 11.1 Å². The SMILES string of the molecule is CC(=O)CCc1ccc(-c2ccc(C(F)(F)F)cc2)cc1. The van der Waals surface area contributed by atoms with E-state index >= 15 is 0 Å². The number of rotatable bonds is 4. The first kappa shape index (κ1) is 15.3. The van der Waals surface area contributed by atoms with Gasteiger partial charge in [-0.05, 0) is 42.2 Å². The van der Waals surface area contributed by atoms with Gasteiger partial charge in [0.1, 0.15) is 5.78 Å². The molecule has 0 radical (unpaired) electrons. The number of alkyl halides is 3. The van der Waals surface area contributed by atoms with Crippen molar-refractivity contribution >= 4 is 5.78 Å². The Morgan fingerprint density at radius 2 is 1.38 bits per heavy atom. The van der Waals surface area contributed by atoms with Gasteiger partial charge in [-0.3, -0.25) is 0 Å². The first-order chi connectivity index (χ1) is 9.86. The molecule has 0 amide bonds. The minimum atomic E-state index is -4.31. The second-order valence-electron chi connectivity index (χ2n) is 4.97. The summed E-state index contributed by atoms with van der Waals surface area (Å²) in [6.07, 6.45) is -3.13. The number of halogens is 3. The monoisotopic (exact) mass is 292 g/mol. The second-order valence-corrected chi connectivity index (χ2v) is 4.97. The first-order valence-corrected chi connectivity index (χ1v) is 6.62. The summed E-state index contributed by atoms with van der Waals surface area (Å²) in [5.74, 6) is 0.141. The highest BCUT2D eigenvalue weighted by Gasteiger charge is 2.29. The molecule has 0 heterocycles. The normalized spacial score (nSPS) is 11.4. The van der Waals surface area contributed by atoms with Crippen LogP contribution in [0.1, 0.15) is 24.5 Å². The van der Waals surface area contributed by atoms with Gasteiger partial charge >= 0.3 is 6.18 Å². The van der Waals surface area contributed by atoms with Crippen molar-refractivity contribution in [1.82, 2.24) is 0 Å². The topological polar surface area (TPSA) is 17.1 Å². The van der Waals surface area contributed by atoms with Gasteiger partial charge in [0.2, 0.25) is 0 Å². The Bertz CT molecular complexity index is 610. The number of carbonyl (C=O) groups excluding carboxylic acids is 1. The van der Waals surface area contributed by atoms with E-state index in [4.69, 9.17) is 0 Å². The molecule has 0 aliphatic carbocycles. The fourth-order valence-corrected chi connectivity index (χ4v) is 2.04. The van der Waals surface area contributed by atoms with Crippen molar-refractivity contribution in [2.24, 2.45) is 0 Å².